The van der Waals surface area contributed by atoms with E-state index in [9.17, 15) is 63.0 Å². The van der Waals surface area contributed by atoms with Crippen LogP contribution in [-0.4, -0.2) is 167 Å². The number of aliphatic hydroxyl groups is 1. The molecule has 68 heavy (non-hydrogen) atoms. The maximum Gasteiger partial charge on any atom is 0.326 e. The first-order chi connectivity index (χ1) is 31.9. The van der Waals surface area contributed by atoms with Crippen molar-refractivity contribution in [1.82, 2.24) is 52.8 Å². The molecule has 2 rings (SSSR count). The lowest BCUT2D eigenvalue weighted by Crippen LogP contribution is -2.58. The normalized spacial score (nSPS) is 19.3. The van der Waals surface area contributed by atoms with Crippen molar-refractivity contribution >= 4 is 65.0 Å². The number of nitrogens with zero attached hydrogens (tertiary/aromatic N) is 1. The molecule has 0 unspecified atom stereocenters. The van der Waals surface area contributed by atoms with Gasteiger partial charge in [0.05, 0.1) is 25.2 Å². The van der Waals surface area contributed by atoms with Crippen LogP contribution in [0.25, 0.3) is 0 Å². The van der Waals surface area contributed by atoms with Crippen LogP contribution in [0.1, 0.15) is 106 Å². The van der Waals surface area contributed by atoms with E-state index in [0.717, 1.165) is 0 Å². The number of hydrogen-bond acceptors (Lipinski definition) is 14. The van der Waals surface area contributed by atoms with Crippen molar-refractivity contribution in [2.45, 2.75) is 160 Å². The fourth-order valence-electron chi connectivity index (χ4n) is 7.57. The van der Waals surface area contributed by atoms with Crippen LogP contribution in [0.4, 0.5) is 0 Å². The minimum absolute atomic E-state index is 0.0889. The second kappa shape index (κ2) is 29.1. The third kappa shape index (κ3) is 20.5. The maximum atomic E-state index is 13.5. The Bertz CT molecular complexity index is 1800. The van der Waals surface area contributed by atoms with Crippen LogP contribution in [-0.2, 0) is 52.7 Å². The van der Waals surface area contributed by atoms with Crippen molar-refractivity contribution < 1.29 is 63.0 Å². The highest BCUT2D eigenvalue weighted by molar-refractivity contribution is 5.97. The predicted molar refractivity (Wildman–Crippen MR) is 244 cm³/mol. The molecule has 25 nitrogen and oxygen atoms in total. The maximum absolute atomic E-state index is 13.5. The summed E-state index contributed by atoms with van der Waals surface area (Å²) in [5, 5.41) is 42.1. The van der Waals surface area contributed by atoms with Gasteiger partial charge in [-0.3, -0.25) is 47.9 Å². The number of aliphatic hydroxyl groups excluding tert-OH is 1. The van der Waals surface area contributed by atoms with Gasteiger partial charge < -0.3 is 74.4 Å². The molecule has 9 atom stereocenters. The number of amides is 10. The average Bonchev–Trinajstić information content (AvgIpc) is 3.94. The monoisotopic (exact) mass is 967 g/mol. The number of nitrogens with one attached hydrogen (secondary N) is 9. The number of β-amino-alcohol motifs (C(OH)–C–C–N with tert-alkyl or cyclic N) is 1. The molecule has 384 valence electrons. The van der Waals surface area contributed by atoms with Crippen LogP contribution in [0, 0.1) is 11.8 Å². The number of nitrogens with two attached hydrogens (primary N) is 2. The summed E-state index contributed by atoms with van der Waals surface area (Å²) in [6.45, 7) is 9.55. The third-order valence-corrected chi connectivity index (χ3v) is 11.2. The van der Waals surface area contributed by atoms with Gasteiger partial charge in [0.2, 0.25) is 59.1 Å². The molecule has 0 aromatic carbocycles. The molecule has 2 heterocycles. The first-order valence-electron chi connectivity index (χ1n) is 23.2. The molecular formula is C43H74N12O13. The lowest BCUT2D eigenvalue weighted by Gasteiger charge is -2.29. The molecule has 0 saturated carbocycles. The standard InChI is InChI=1S/C43H74N12O13/c1-22(2)16-30(54-39(63)27(12-13-33(45)57)51-34(58)20-47-37(61)29-18-26(56)19-46-29)38(62)48-21-35(59)52-31(17-23(3)4)40(64)49-24(5)36(60)50-25(6)42(66)55-15-9-11-32(55)41(65)53-28(43(67)68)10-7-8-14-44/h22-32,46,56H,7-21,44H2,1-6H3,(H2,45,57)(H,47,61)(H,48,62)(H,49,64)(H,50,60)(H,51,58)(H,52,59)(H,53,65)(H,54,63)(H,67,68)/t24-,25-,26+,27-,28-,29-,30-,31-,32-/m0/s1. The minimum Gasteiger partial charge on any atom is -0.480 e. The first-order valence-corrected chi connectivity index (χ1v) is 23.2. The van der Waals surface area contributed by atoms with E-state index in [1.54, 1.807) is 27.7 Å². The molecule has 25 heteroatoms. The summed E-state index contributed by atoms with van der Waals surface area (Å²) < 4.78 is 0. The Hall–Kier alpha value is -5.95. The van der Waals surface area contributed by atoms with Gasteiger partial charge in [-0.15, -0.1) is 0 Å². The smallest absolute Gasteiger partial charge is 0.326 e. The van der Waals surface area contributed by atoms with E-state index in [0.29, 0.717) is 32.2 Å². The van der Waals surface area contributed by atoms with Crippen LogP contribution in [0.3, 0.4) is 0 Å². The van der Waals surface area contributed by atoms with E-state index in [2.05, 4.69) is 47.9 Å². The van der Waals surface area contributed by atoms with Crippen LogP contribution in [0.2, 0.25) is 0 Å². The van der Waals surface area contributed by atoms with Crippen molar-refractivity contribution in [3.63, 3.8) is 0 Å². The number of rotatable bonds is 29. The van der Waals surface area contributed by atoms with Gasteiger partial charge in [-0.25, -0.2) is 4.79 Å². The third-order valence-electron chi connectivity index (χ3n) is 11.2. The van der Waals surface area contributed by atoms with Gasteiger partial charge in [0, 0.05) is 19.5 Å². The van der Waals surface area contributed by atoms with Crippen LogP contribution in [0.5, 0.6) is 0 Å². The number of aliphatic carboxylic acids is 1. The van der Waals surface area contributed by atoms with Gasteiger partial charge in [-0.05, 0) is 90.0 Å². The summed E-state index contributed by atoms with van der Waals surface area (Å²) in [5.41, 5.74) is 10.8. The molecule has 0 aliphatic carbocycles. The quantitative estimate of drug-likeness (QED) is 0.0314. The van der Waals surface area contributed by atoms with Crippen molar-refractivity contribution in [3.8, 4) is 0 Å². The van der Waals surface area contributed by atoms with Gasteiger partial charge in [-0.2, -0.15) is 0 Å². The largest absolute Gasteiger partial charge is 0.480 e. The summed E-state index contributed by atoms with van der Waals surface area (Å²) >= 11 is 0. The Morgan fingerprint density at radius 1 is 0.662 bits per heavy atom. The zero-order chi connectivity index (χ0) is 51.2. The molecule has 10 amide bonds. The van der Waals surface area contributed by atoms with E-state index in [1.807, 2.05) is 0 Å². The van der Waals surface area contributed by atoms with E-state index in [4.69, 9.17) is 11.5 Å². The number of unbranched alkanes of at least 4 members (excludes halogenated alkanes) is 1. The lowest BCUT2D eigenvalue weighted by molar-refractivity contribution is -0.145. The van der Waals surface area contributed by atoms with Crippen molar-refractivity contribution in [2.75, 3.05) is 32.7 Å². The fourth-order valence-corrected chi connectivity index (χ4v) is 7.57. The Labute approximate surface area is 396 Å². The summed E-state index contributed by atoms with van der Waals surface area (Å²) in [7, 11) is 0. The highest BCUT2D eigenvalue weighted by Gasteiger charge is 2.38. The Morgan fingerprint density at radius 2 is 1.24 bits per heavy atom. The van der Waals surface area contributed by atoms with E-state index in [1.165, 1.54) is 18.7 Å². The number of primary amides is 1. The molecule has 0 aromatic rings. The molecule has 0 bridgehead atoms. The van der Waals surface area contributed by atoms with Crippen LogP contribution < -0.4 is 59.3 Å². The average molecular weight is 967 g/mol. The number of hydrogen-bond donors (Lipinski definition) is 13. The summed E-state index contributed by atoms with van der Waals surface area (Å²) in [6, 6.07) is -8.89. The van der Waals surface area contributed by atoms with Gasteiger partial charge in [0.1, 0.15) is 42.3 Å². The summed E-state index contributed by atoms with van der Waals surface area (Å²) in [5.74, 6) is -8.66. The SMILES string of the molecule is CC(C)C[C@H](NC(=O)CNC(=O)[C@H](CC(C)C)NC(=O)[C@H](CCC(N)=O)NC(=O)CNC(=O)[C@@H]1C[C@@H](O)CN1)C(=O)N[C@@H](C)C(=O)N[C@@H](C)C(=O)N1CCC[C@H]1C(=O)N[C@@H](CCCCN)C(=O)O. The highest BCUT2D eigenvalue weighted by Crippen LogP contribution is 2.19. The van der Waals surface area contributed by atoms with Gasteiger partial charge in [0.15, 0.2) is 0 Å². The Balaban J connectivity index is 2.01. The fraction of sp³-hybridized carbons (Fsp3) is 0.744. The zero-order valence-electron chi connectivity index (χ0n) is 39.9. The Kier molecular flexibility index (Phi) is 24.9. The van der Waals surface area contributed by atoms with Crippen molar-refractivity contribution in [3.05, 3.63) is 0 Å². The second-order valence-electron chi connectivity index (χ2n) is 18.2. The van der Waals surface area contributed by atoms with Gasteiger partial charge >= 0.3 is 5.97 Å². The van der Waals surface area contributed by atoms with E-state index in [-0.39, 0.29) is 63.5 Å². The predicted octanol–water partition coefficient (Wildman–Crippen LogP) is -4.55. The number of carbonyl (C=O) groups is 11. The van der Waals surface area contributed by atoms with Crippen LogP contribution >= 0.6 is 0 Å². The number of likely N-dealkylation sites (tertiary alicyclic amines) is 1. The number of carboxylic acid groups (broad SMARTS) is 1. The first kappa shape index (κ1) is 58.2. The molecule has 15 N–H and O–H groups in total. The topological polar surface area (TPSA) is 392 Å². The number of carbonyl (C=O) groups excluding carboxylic acids is 10. The second-order valence-corrected chi connectivity index (χ2v) is 18.2. The Morgan fingerprint density at radius 3 is 1.79 bits per heavy atom. The molecule has 0 radical (unpaired) electrons. The molecule has 2 saturated heterocycles. The molecule has 2 aliphatic rings. The molecule has 2 aliphatic heterocycles. The van der Waals surface area contributed by atoms with Crippen molar-refractivity contribution in [1.29, 1.82) is 0 Å². The van der Waals surface area contributed by atoms with E-state index >= 15 is 0 Å². The van der Waals surface area contributed by atoms with Crippen molar-refractivity contribution in [2.24, 2.45) is 23.3 Å². The molecule has 0 spiro atoms. The number of carboxylic acids is 1. The molecule has 2 fully saturated rings. The summed E-state index contributed by atoms with van der Waals surface area (Å²) in [6.07, 6.45) is 1.11. The summed E-state index contributed by atoms with van der Waals surface area (Å²) in [4.78, 5) is 143. The highest BCUT2D eigenvalue weighted by atomic mass is 16.4. The molecule has 0 aromatic heterocycles. The van der Waals surface area contributed by atoms with Gasteiger partial charge in [-0.1, -0.05) is 27.7 Å². The minimum atomic E-state index is -1.35. The molecular weight excluding hydrogens is 893 g/mol. The zero-order valence-corrected chi connectivity index (χ0v) is 39.9. The van der Waals surface area contributed by atoms with Crippen LogP contribution in [0.15, 0.2) is 0 Å². The van der Waals surface area contributed by atoms with Gasteiger partial charge in [0.25, 0.3) is 0 Å². The van der Waals surface area contributed by atoms with E-state index < -0.39 is 133 Å². The lowest BCUT2D eigenvalue weighted by atomic mass is 10.0.